The van der Waals surface area contributed by atoms with Crippen LogP contribution < -0.4 is 5.32 Å². The first kappa shape index (κ1) is 16.0. The topological polar surface area (TPSA) is 49.4 Å². The average molecular weight is 288 g/mol. The molecule has 1 aromatic carbocycles. The standard InChI is InChI=1S/C13H15F3N2O2/c1-7(12(19)17-2)6-18(3)13(20)8-4-9(14)11(16)10(15)5-8/h4-5,7H,6H2,1-3H3,(H,17,19). The molecule has 1 N–H and O–H groups in total. The van der Waals surface area contributed by atoms with Crippen molar-refractivity contribution in [3.63, 3.8) is 0 Å². The average Bonchev–Trinajstić information content (AvgIpc) is 2.42. The molecular formula is C13H15F3N2O2. The Labute approximate surface area is 114 Å². The summed E-state index contributed by atoms with van der Waals surface area (Å²) in [6, 6.07) is 1.25. The number of nitrogens with zero attached hydrogens (tertiary/aromatic N) is 1. The lowest BCUT2D eigenvalue weighted by Crippen LogP contribution is -2.37. The molecule has 0 heterocycles. The van der Waals surface area contributed by atoms with Gasteiger partial charge in [-0.05, 0) is 12.1 Å². The molecule has 0 saturated heterocycles. The summed E-state index contributed by atoms with van der Waals surface area (Å²) in [5.41, 5.74) is -0.312. The fourth-order valence-electron chi connectivity index (χ4n) is 1.72. The Balaban J connectivity index is 2.87. The minimum Gasteiger partial charge on any atom is -0.359 e. The number of hydrogen-bond donors (Lipinski definition) is 1. The fourth-order valence-corrected chi connectivity index (χ4v) is 1.72. The summed E-state index contributed by atoms with van der Waals surface area (Å²) >= 11 is 0. The number of benzene rings is 1. The van der Waals surface area contributed by atoms with E-state index in [-0.39, 0.29) is 18.0 Å². The van der Waals surface area contributed by atoms with Gasteiger partial charge in [0.15, 0.2) is 17.5 Å². The lowest BCUT2D eigenvalue weighted by atomic mass is 10.1. The summed E-state index contributed by atoms with van der Waals surface area (Å²) in [5.74, 6) is -5.92. The van der Waals surface area contributed by atoms with Gasteiger partial charge >= 0.3 is 0 Å². The Hall–Kier alpha value is -2.05. The molecule has 20 heavy (non-hydrogen) atoms. The monoisotopic (exact) mass is 288 g/mol. The number of nitrogens with one attached hydrogen (secondary N) is 1. The minimum atomic E-state index is -1.62. The number of carbonyl (C=O) groups excluding carboxylic acids is 2. The summed E-state index contributed by atoms with van der Waals surface area (Å²) in [5, 5.41) is 2.43. The van der Waals surface area contributed by atoms with E-state index in [0.29, 0.717) is 12.1 Å². The van der Waals surface area contributed by atoms with Crippen LogP contribution in [-0.4, -0.2) is 37.4 Å². The third-order valence-corrected chi connectivity index (χ3v) is 2.82. The van der Waals surface area contributed by atoms with Crippen molar-refractivity contribution in [2.45, 2.75) is 6.92 Å². The lowest BCUT2D eigenvalue weighted by molar-refractivity contribution is -0.124. The van der Waals surface area contributed by atoms with Gasteiger partial charge in [-0.1, -0.05) is 6.92 Å². The van der Waals surface area contributed by atoms with Crippen molar-refractivity contribution in [3.8, 4) is 0 Å². The van der Waals surface area contributed by atoms with E-state index in [9.17, 15) is 22.8 Å². The number of hydrogen-bond acceptors (Lipinski definition) is 2. The van der Waals surface area contributed by atoms with E-state index >= 15 is 0 Å². The van der Waals surface area contributed by atoms with Gasteiger partial charge < -0.3 is 10.2 Å². The highest BCUT2D eigenvalue weighted by Gasteiger charge is 2.21. The summed E-state index contributed by atoms with van der Waals surface area (Å²) < 4.78 is 38.9. The van der Waals surface area contributed by atoms with E-state index in [1.807, 2.05) is 0 Å². The maximum atomic E-state index is 13.1. The molecule has 4 nitrogen and oxygen atoms in total. The molecule has 0 bridgehead atoms. The predicted octanol–water partition coefficient (Wildman–Crippen LogP) is 1.56. The van der Waals surface area contributed by atoms with Gasteiger partial charge in [0.25, 0.3) is 5.91 Å². The van der Waals surface area contributed by atoms with Crippen LogP contribution in [-0.2, 0) is 4.79 Å². The number of rotatable bonds is 4. The van der Waals surface area contributed by atoms with E-state index < -0.39 is 29.3 Å². The molecule has 1 atom stereocenters. The zero-order chi connectivity index (χ0) is 15.4. The summed E-state index contributed by atoms with van der Waals surface area (Å²) in [7, 11) is 2.85. The normalized spacial score (nSPS) is 11.9. The van der Waals surface area contributed by atoms with E-state index in [4.69, 9.17) is 0 Å². The van der Waals surface area contributed by atoms with Crippen LogP contribution in [0.5, 0.6) is 0 Å². The molecule has 110 valence electrons. The van der Waals surface area contributed by atoms with Gasteiger partial charge in [0, 0.05) is 26.2 Å². The predicted molar refractivity (Wildman–Crippen MR) is 66.5 cm³/mol. The second kappa shape index (κ2) is 6.40. The largest absolute Gasteiger partial charge is 0.359 e. The van der Waals surface area contributed by atoms with Crippen LogP contribution in [0.1, 0.15) is 17.3 Å². The zero-order valence-corrected chi connectivity index (χ0v) is 11.3. The second-order valence-corrected chi connectivity index (χ2v) is 4.45. The van der Waals surface area contributed by atoms with Gasteiger partial charge in [0.2, 0.25) is 5.91 Å². The van der Waals surface area contributed by atoms with Crippen LogP contribution >= 0.6 is 0 Å². The third-order valence-electron chi connectivity index (χ3n) is 2.82. The molecule has 0 aliphatic carbocycles. The highest BCUT2D eigenvalue weighted by molar-refractivity contribution is 5.94. The van der Waals surface area contributed by atoms with Crippen molar-refractivity contribution in [2.75, 3.05) is 20.6 Å². The van der Waals surface area contributed by atoms with Crippen molar-refractivity contribution in [3.05, 3.63) is 35.1 Å². The van der Waals surface area contributed by atoms with E-state index in [1.54, 1.807) is 6.92 Å². The van der Waals surface area contributed by atoms with Gasteiger partial charge in [-0.15, -0.1) is 0 Å². The molecule has 7 heteroatoms. The van der Waals surface area contributed by atoms with Crippen LogP contribution in [0.2, 0.25) is 0 Å². The van der Waals surface area contributed by atoms with Crippen molar-refractivity contribution in [2.24, 2.45) is 5.92 Å². The maximum Gasteiger partial charge on any atom is 0.253 e. The zero-order valence-electron chi connectivity index (χ0n) is 11.3. The minimum absolute atomic E-state index is 0.0686. The molecule has 1 rings (SSSR count). The SMILES string of the molecule is CNC(=O)C(C)CN(C)C(=O)c1cc(F)c(F)c(F)c1. The van der Waals surface area contributed by atoms with Gasteiger partial charge in [-0.3, -0.25) is 9.59 Å². The van der Waals surface area contributed by atoms with Gasteiger partial charge in [0.1, 0.15) is 0 Å². The molecule has 0 saturated carbocycles. The first-order valence-corrected chi connectivity index (χ1v) is 5.89. The quantitative estimate of drug-likeness (QED) is 0.855. The molecule has 1 aromatic rings. The van der Waals surface area contributed by atoms with Gasteiger partial charge in [-0.2, -0.15) is 0 Å². The van der Waals surface area contributed by atoms with E-state index in [2.05, 4.69) is 5.32 Å². The summed E-state index contributed by atoms with van der Waals surface area (Å²) in [6.45, 7) is 1.67. The first-order valence-electron chi connectivity index (χ1n) is 5.89. The molecule has 0 fully saturated rings. The Morgan fingerprint density at radius 1 is 1.25 bits per heavy atom. The van der Waals surface area contributed by atoms with Crippen LogP contribution in [0.4, 0.5) is 13.2 Å². The molecule has 0 radical (unpaired) electrons. The second-order valence-electron chi connectivity index (χ2n) is 4.45. The van der Waals surface area contributed by atoms with E-state index in [0.717, 1.165) is 4.90 Å². The highest BCUT2D eigenvalue weighted by atomic mass is 19.2. The third kappa shape index (κ3) is 3.49. The summed E-state index contributed by atoms with van der Waals surface area (Å²) in [6.07, 6.45) is 0. The maximum absolute atomic E-state index is 13.1. The lowest BCUT2D eigenvalue weighted by Gasteiger charge is -2.21. The van der Waals surface area contributed by atoms with Crippen LogP contribution in [0.15, 0.2) is 12.1 Å². The number of amides is 2. The molecule has 1 unspecified atom stereocenters. The summed E-state index contributed by atoms with van der Waals surface area (Å²) in [4.78, 5) is 24.4. The Bertz CT molecular complexity index is 511. The highest BCUT2D eigenvalue weighted by Crippen LogP contribution is 2.15. The van der Waals surface area contributed by atoms with Crippen LogP contribution in [0.3, 0.4) is 0 Å². The Kier molecular flexibility index (Phi) is 5.12. The van der Waals surface area contributed by atoms with Gasteiger partial charge in [-0.25, -0.2) is 13.2 Å². The van der Waals surface area contributed by atoms with Crippen molar-refractivity contribution in [1.29, 1.82) is 0 Å². The molecule has 0 aromatic heterocycles. The van der Waals surface area contributed by atoms with Crippen molar-refractivity contribution in [1.82, 2.24) is 10.2 Å². The number of halogens is 3. The van der Waals surface area contributed by atoms with E-state index in [1.165, 1.54) is 14.1 Å². The number of carbonyl (C=O) groups is 2. The first-order chi connectivity index (χ1) is 9.27. The van der Waals surface area contributed by atoms with Gasteiger partial charge in [0.05, 0.1) is 5.92 Å². The fraction of sp³-hybridized carbons (Fsp3) is 0.385. The molecule has 0 spiro atoms. The molecular weight excluding hydrogens is 273 g/mol. The van der Waals surface area contributed by atoms with Crippen LogP contribution in [0.25, 0.3) is 0 Å². The van der Waals surface area contributed by atoms with Crippen molar-refractivity contribution < 1.29 is 22.8 Å². The smallest absolute Gasteiger partial charge is 0.253 e. The Morgan fingerprint density at radius 3 is 2.20 bits per heavy atom. The molecule has 0 aliphatic rings. The van der Waals surface area contributed by atoms with Crippen molar-refractivity contribution >= 4 is 11.8 Å². The molecule has 0 aliphatic heterocycles. The Morgan fingerprint density at radius 2 is 1.75 bits per heavy atom. The molecule has 2 amide bonds. The van der Waals surface area contributed by atoms with Crippen LogP contribution in [0, 0.1) is 23.4 Å².